The van der Waals surface area contributed by atoms with Crippen molar-refractivity contribution in [3.8, 4) is 0 Å². The van der Waals surface area contributed by atoms with E-state index in [1.165, 1.54) is 10.6 Å². The van der Waals surface area contributed by atoms with Gasteiger partial charge in [0, 0.05) is 29.2 Å². The summed E-state index contributed by atoms with van der Waals surface area (Å²) in [7, 11) is 0. The first-order valence-corrected chi connectivity index (χ1v) is 9.27. The molecule has 0 aliphatic carbocycles. The van der Waals surface area contributed by atoms with Gasteiger partial charge in [-0.15, -0.1) is 17.9 Å². The minimum Gasteiger partial charge on any atom is -0.333 e. The van der Waals surface area contributed by atoms with E-state index in [-0.39, 0.29) is 5.91 Å². The highest BCUT2D eigenvalue weighted by Gasteiger charge is 2.24. The van der Waals surface area contributed by atoms with E-state index in [4.69, 9.17) is 0 Å². The Bertz CT molecular complexity index is 630. The number of H-pyrrole nitrogens is 1. The first-order chi connectivity index (χ1) is 11.8. The van der Waals surface area contributed by atoms with Crippen LogP contribution in [0.4, 0.5) is 0 Å². The Morgan fingerprint density at radius 2 is 2.29 bits per heavy atom. The largest absolute Gasteiger partial charge is 0.333 e. The number of carbonyl (C=O) groups is 1. The maximum Gasteiger partial charge on any atom is 0.237 e. The third-order valence-corrected chi connectivity index (χ3v) is 5.40. The molecule has 0 spiro atoms. The van der Waals surface area contributed by atoms with Crippen molar-refractivity contribution in [2.24, 2.45) is 0 Å². The number of aromatic amines is 1. The molecule has 1 fully saturated rings. The van der Waals surface area contributed by atoms with Gasteiger partial charge in [-0.3, -0.25) is 14.8 Å². The van der Waals surface area contributed by atoms with Crippen LogP contribution in [0.1, 0.15) is 29.3 Å². The summed E-state index contributed by atoms with van der Waals surface area (Å²) in [6.07, 6.45) is 5.75. The smallest absolute Gasteiger partial charge is 0.237 e. The second-order valence-electron chi connectivity index (χ2n) is 6.20. The zero-order valence-electron chi connectivity index (χ0n) is 13.9. The first kappa shape index (κ1) is 16.9. The number of rotatable bonds is 7. The van der Waals surface area contributed by atoms with Gasteiger partial charge in [0.25, 0.3) is 0 Å². The standard InChI is InChI=1S/C18H24N4OS/c1-2-9-22(13-16-4-3-12-24-16)18(23)14-21-10-6-15(7-11-21)17-5-8-19-20-17/h2-5,8,12,15H,1,6-7,9-11,13-14H2,(H,19,20). The summed E-state index contributed by atoms with van der Waals surface area (Å²) in [5, 5.41) is 9.15. The van der Waals surface area contributed by atoms with E-state index in [1.54, 1.807) is 17.4 Å². The van der Waals surface area contributed by atoms with Gasteiger partial charge in [0.2, 0.25) is 5.91 Å². The Labute approximate surface area is 147 Å². The number of likely N-dealkylation sites (tertiary alicyclic amines) is 1. The van der Waals surface area contributed by atoms with E-state index < -0.39 is 0 Å². The second kappa shape index (κ2) is 8.26. The molecule has 1 N–H and O–H groups in total. The third kappa shape index (κ3) is 4.33. The van der Waals surface area contributed by atoms with Crippen molar-refractivity contribution >= 4 is 17.2 Å². The highest BCUT2D eigenvalue weighted by molar-refractivity contribution is 7.09. The number of nitrogens with one attached hydrogen (secondary N) is 1. The molecule has 0 atom stereocenters. The number of thiophene rings is 1. The summed E-state index contributed by atoms with van der Waals surface area (Å²) < 4.78 is 0. The number of nitrogens with zero attached hydrogens (tertiary/aromatic N) is 3. The van der Waals surface area contributed by atoms with Gasteiger partial charge in [0.1, 0.15) is 0 Å². The normalized spacial score (nSPS) is 16.2. The highest BCUT2D eigenvalue weighted by Crippen LogP contribution is 2.26. The quantitative estimate of drug-likeness (QED) is 0.786. The van der Waals surface area contributed by atoms with Crippen LogP contribution in [-0.4, -0.2) is 52.1 Å². The summed E-state index contributed by atoms with van der Waals surface area (Å²) in [6.45, 7) is 7.46. The number of aromatic nitrogens is 2. The fourth-order valence-electron chi connectivity index (χ4n) is 3.19. The van der Waals surface area contributed by atoms with Gasteiger partial charge in [-0.25, -0.2) is 0 Å². The Hall–Kier alpha value is -1.92. The molecule has 1 saturated heterocycles. The zero-order chi connectivity index (χ0) is 16.8. The average molecular weight is 344 g/mol. The minimum atomic E-state index is 0.184. The van der Waals surface area contributed by atoms with Crippen molar-refractivity contribution in [1.29, 1.82) is 0 Å². The van der Waals surface area contributed by atoms with Crippen LogP contribution in [0.25, 0.3) is 0 Å². The minimum absolute atomic E-state index is 0.184. The molecule has 2 aromatic heterocycles. The van der Waals surface area contributed by atoms with Gasteiger partial charge in [-0.2, -0.15) is 5.10 Å². The third-order valence-electron chi connectivity index (χ3n) is 4.54. The summed E-state index contributed by atoms with van der Waals surface area (Å²) in [4.78, 5) is 18.0. The lowest BCUT2D eigenvalue weighted by Gasteiger charge is -2.32. The number of hydrogen-bond acceptors (Lipinski definition) is 4. The molecule has 24 heavy (non-hydrogen) atoms. The molecule has 0 unspecified atom stereocenters. The molecule has 2 aromatic rings. The van der Waals surface area contributed by atoms with Crippen LogP contribution >= 0.6 is 11.3 Å². The topological polar surface area (TPSA) is 52.2 Å². The van der Waals surface area contributed by atoms with Gasteiger partial charge >= 0.3 is 0 Å². The number of amides is 1. The number of hydrogen-bond donors (Lipinski definition) is 1. The molecule has 1 aliphatic heterocycles. The SMILES string of the molecule is C=CCN(Cc1cccs1)C(=O)CN1CCC(c2ccn[nH]2)CC1. The van der Waals surface area contributed by atoms with Crippen LogP contribution in [0.2, 0.25) is 0 Å². The van der Waals surface area contributed by atoms with E-state index in [2.05, 4.69) is 33.8 Å². The average Bonchev–Trinajstić information content (AvgIpc) is 3.29. The predicted molar refractivity (Wildman–Crippen MR) is 96.9 cm³/mol. The zero-order valence-corrected chi connectivity index (χ0v) is 14.7. The molecule has 0 bridgehead atoms. The van der Waals surface area contributed by atoms with Gasteiger partial charge < -0.3 is 4.90 Å². The van der Waals surface area contributed by atoms with Crippen LogP contribution in [0.15, 0.2) is 42.4 Å². The molecule has 3 heterocycles. The summed E-state index contributed by atoms with van der Waals surface area (Å²) in [5.41, 5.74) is 1.21. The molecule has 0 aromatic carbocycles. The summed E-state index contributed by atoms with van der Waals surface area (Å²) in [5.74, 6) is 0.720. The first-order valence-electron chi connectivity index (χ1n) is 8.39. The Morgan fingerprint density at radius 1 is 1.46 bits per heavy atom. The van der Waals surface area contributed by atoms with E-state index in [0.29, 0.717) is 25.6 Å². The lowest BCUT2D eigenvalue weighted by atomic mass is 9.94. The van der Waals surface area contributed by atoms with Gasteiger partial charge in [0.15, 0.2) is 0 Å². The predicted octanol–water partition coefficient (Wildman–Crippen LogP) is 2.87. The van der Waals surface area contributed by atoms with Crippen LogP contribution < -0.4 is 0 Å². The monoisotopic (exact) mass is 344 g/mol. The molecule has 0 radical (unpaired) electrons. The Morgan fingerprint density at radius 3 is 2.92 bits per heavy atom. The molecular formula is C18H24N4OS. The second-order valence-corrected chi connectivity index (χ2v) is 7.24. The number of carbonyl (C=O) groups excluding carboxylic acids is 1. The fraction of sp³-hybridized carbons (Fsp3) is 0.444. The summed E-state index contributed by atoms with van der Waals surface area (Å²) in [6, 6.07) is 6.15. The highest BCUT2D eigenvalue weighted by atomic mass is 32.1. The lowest BCUT2D eigenvalue weighted by molar-refractivity contribution is -0.132. The van der Waals surface area contributed by atoms with Crippen molar-refractivity contribution in [3.05, 3.63) is 53.0 Å². The molecule has 3 rings (SSSR count). The Kier molecular flexibility index (Phi) is 5.82. The van der Waals surface area contributed by atoms with Crippen LogP contribution in [-0.2, 0) is 11.3 Å². The molecule has 1 aliphatic rings. The van der Waals surface area contributed by atoms with Gasteiger partial charge in [-0.1, -0.05) is 12.1 Å². The molecule has 1 amide bonds. The molecule has 6 heteroatoms. The van der Waals surface area contributed by atoms with E-state index >= 15 is 0 Å². The van der Waals surface area contributed by atoms with Crippen LogP contribution in [0, 0.1) is 0 Å². The lowest BCUT2D eigenvalue weighted by Crippen LogP contribution is -2.43. The molecular weight excluding hydrogens is 320 g/mol. The van der Waals surface area contributed by atoms with Crippen molar-refractivity contribution in [1.82, 2.24) is 20.0 Å². The van der Waals surface area contributed by atoms with Crippen LogP contribution in [0.5, 0.6) is 0 Å². The van der Waals surface area contributed by atoms with E-state index in [9.17, 15) is 4.79 Å². The van der Waals surface area contributed by atoms with Crippen molar-refractivity contribution < 1.29 is 4.79 Å². The molecule has 5 nitrogen and oxygen atoms in total. The van der Waals surface area contributed by atoms with Crippen molar-refractivity contribution in [2.75, 3.05) is 26.2 Å². The molecule has 0 saturated carbocycles. The Balaban J connectivity index is 1.51. The van der Waals surface area contributed by atoms with Gasteiger partial charge in [0.05, 0.1) is 13.1 Å². The van der Waals surface area contributed by atoms with E-state index in [1.807, 2.05) is 22.5 Å². The number of piperidine rings is 1. The maximum atomic E-state index is 12.7. The van der Waals surface area contributed by atoms with Gasteiger partial charge in [-0.05, 0) is 43.4 Å². The molecule has 128 valence electrons. The fourth-order valence-corrected chi connectivity index (χ4v) is 3.91. The van der Waals surface area contributed by atoms with Crippen molar-refractivity contribution in [2.45, 2.75) is 25.3 Å². The van der Waals surface area contributed by atoms with Crippen LogP contribution in [0.3, 0.4) is 0 Å². The maximum absolute atomic E-state index is 12.7. The van der Waals surface area contributed by atoms with E-state index in [0.717, 1.165) is 25.9 Å². The summed E-state index contributed by atoms with van der Waals surface area (Å²) >= 11 is 1.69. The van der Waals surface area contributed by atoms with Crippen molar-refractivity contribution in [3.63, 3.8) is 0 Å².